The Balaban J connectivity index is 2.50. The molecule has 1 heterocycles. The summed E-state index contributed by atoms with van der Waals surface area (Å²) in [5, 5.41) is 15.2. The SMILES string of the molecule is Nc1ccc(-c2cc(O)c(=O)[nH]n2)cc1. The average Bonchev–Trinajstić information content (AvgIpc) is 2.23. The molecule has 0 bridgehead atoms. The Morgan fingerprint density at radius 1 is 1.27 bits per heavy atom. The van der Waals surface area contributed by atoms with Crippen LogP contribution in [0.5, 0.6) is 5.75 Å². The Hall–Kier alpha value is -2.30. The molecule has 0 amide bonds. The van der Waals surface area contributed by atoms with E-state index in [0.29, 0.717) is 11.4 Å². The van der Waals surface area contributed by atoms with Crippen molar-refractivity contribution in [3.8, 4) is 17.0 Å². The van der Waals surface area contributed by atoms with Crippen LogP contribution in [0.1, 0.15) is 0 Å². The van der Waals surface area contributed by atoms with Gasteiger partial charge in [0.05, 0.1) is 5.69 Å². The lowest BCUT2D eigenvalue weighted by molar-refractivity contribution is 0.464. The van der Waals surface area contributed by atoms with E-state index >= 15 is 0 Å². The van der Waals surface area contributed by atoms with Crippen molar-refractivity contribution in [3.05, 3.63) is 40.7 Å². The van der Waals surface area contributed by atoms with E-state index in [9.17, 15) is 9.90 Å². The van der Waals surface area contributed by atoms with Crippen molar-refractivity contribution < 1.29 is 5.11 Å². The summed E-state index contributed by atoms with van der Waals surface area (Å²) in [6, 6.07) is 8.27. The number of nitrogens with zero attached hydrogens (tertiary/aromatic N) is 1. The molecule has 0 atom stereocenters. The molecule has 1 aromatic heterocycles. The number of anilines is 1. The number of H-pyrrole nitrogens is 1. The lowest BCUT2D eigenvalue weighted by Gasteiger charge is -2.00. The number of nitrogens with one attached hydrogen (secondary N) is 1. The number of aromatic nitrogens is 2. The molecule has 0 unspecified atom stereocenters. The second kappa shape index (κ2) is 3.45. The van der Waals surface area contributed by atoms with E-state index in [-0.39, 0.29) is 5.75 Å². The third-order valence-electron chi connectivity index (χ3n) is 1.99. The fourth-order valence-electron chi connectivity index (χ4n) is 1.20. The Labute approximate surface area is 85.2 Å². The van der Waals surface area contributed by atoms with Crippen LogP contribution in [0.4, 0.5) is 5.69 Å². The second-order valence-electron chi connectivity index (χ2n) is 3.09. The fourth-order valence-corrected chi connectivity index (χ4v) is 1.20. The number of hydrogen-bond donors (Lipinski definition) is 3. The number of rotatable bonds is 1. The smallest absolute Gasteiger partial charge is 0.306 e. The molecule has 5 nitrogen and oxygen atoms in total. The molecule has 0 aliphatic carbocycles. The number of aromatic amines is 1. The van der Waals surface area contributed by atoms with Gasteiger partial charge >= 0.3 is 5.56 Å². The molecule has 5 heteroatoms. The van der Waals surface area contributed by atoms with Crippen molar-refractivity contribution >= 4 is 5.69 Å². The Morgan fingerprint density at radius 2 is 1.93 bits per heavy atom. The predicted molar refractivity (Wildman–Crippen MR) is 56.4 cm³/mol. The van der Waals surface area contributed by atoms with Gasteiger partial charge in [-0.25, -0.2) is 5.10 Å². The van der Waals surface area contributed by atoms with Crippen molar-refractivity contribution in [2.75, 3.05) is 5.73 Å². The first-order chi connectivity index (χ1) is 7.16. The van der Waals surface area contributed by atoms with Gasteiger partial charge in [-0.1, -0.05) is 12.1 Å². The lowest BCUT2D eigenvalue weighted by atomic mass is 10.1. The zero-order valence-corrected chi connectivity index (χ0v) is 7.77. The number of aromatic hydroxyl groups is 1. The third-order valence-corrected chi connectivity index (χ3v) is 1.99. The normalized spacial score (nSPS) is 10.1. The van der Waals surface area contributed by atoms with Gasteiger partial charge in [-0.05, 0) is 12.1 Å². The molecule has 2 aromatic rings. The van der Waals surface area contributed by atoms with Crippen molar-refractivity contribution in [2.24, 2.45) is 0 Å². The van der Waals surface area contributed by atoms with Crippen molar-refractivity contribution in [1.29, 1.82) is 0 Å². The van der Waals surface area contributed by atoms with E-state index in [1.54, 1.807) is 24.3 Å². The van der Waals surface area contributed by atoms with Crippen LogP contribution in [0.15, 0.2) is 35.1 Å². The van der Waals surface area contributed by atoms with Gasteiger partial charge in [-0.3, -0.25) is 4.79 Å². The second-order valence-corrected chi connectivity index (χ2v) is 3.09. The van der Waals surface area contributed by atoms with E-state index in [0.717, 1.165) is 5.56 Å². The summed E-state index contributed by atoms with van der Waals surface area (Å²) in [6.45, 7) is 0. The highest BCUT2D eigenvalue weighted by atomic mass is 16.3. The van der Waals surface area contributed by atoms with E-state index < -0.39 is 5.56 Å². The molecule has 0 saturated heterocycles. The van der Waals surface area contributed by atoms with Gasteiger partial charge in [0, 0.05) is 17.3 Å². The minimum atomic E-state index is -0.603. The molecule has 0 fully saturated rings. The van der Waals surface area contributed by atoms with Crippen LogP contribution in [0.3, 0.4) is 0 Å². The Kier molecular flexibility index (Phi) is 2.13. The summed E-state index contributed by atoms with van der Waals surface area (Å²) in [5.41, 5.74) is 6.84. The summed E-state index contributed by atoms with van der Waals surface area (Å²) in [6.07, 6.45) is 0. The first-order valence-electron chi connectivity index (χ1n) is 4.31. The van der Waals surface area contributed by atoms with Crippen molar-refractivity contribution in [3.63, 3.8) is 0 Å². The Morgan fingerprint density at radius 3 is 2.53 bits per heavy atom. The largest absolute Gasteiger partial charge is 0.503 e. The molecular formula is C10H9N3O2. The lowest BCUT2D eigenvalue weighted by Crippen LogP contribution is -2.07. The number of nitrogen functional groups attached to an aromatic ring is 1. The first-order valence-corrected chi connectivity index (χ1v) is 4.31. The van der Waals surface area contributed by atoms with Gasteiger partial charge in [-0.15, -0.1) is 0 Å². The van der Waals surface area contributed by atoms with E-state index in [1.165, 1.54) is 6.07 Å². The van der Waals surface area contributed by atoms with Crippen molar-refractivity contribution in [1.82, 2.24) is 10.2 Å². The minimum absolute atomic E-state index is 0.350. The van der Waals surface area contributed by atoms with Gasteiger partial charge in [0.2, 0.25) is 0 Å². The summed E-state index contributed by atoms with van der Waals surface area (Å²) in [7, 11) is 0. The molecule has 2 rings (SSSR count). The third kappa shape index (κ3) is 1.80. The molecule has 15 heavy (non-hydrogen) atoms. The van der Waals surface area contributed by atoms with E-state index in [4.69, 9.17) is 5.73 Å². The maximum atomic E-state index is 10.9. The standard InChI is InChI=1S/C10H9N3O2/c11-7-3-1-6(2-4-7)8-5-9(14)10(15)13-12-8/h1-5H,11H2,(H,12,14)(H,13,15). The molecule has 0 spiro atoms. The highest BCUT2D eigenvalue weighted by Crippen LogP contribution is 2.18. The molecule has 1 aromatic carbocycles. The molecule has 0 radical (unpaired) electrons. The molecule has 4 N–H and O–H groups in total. The van der Waals surface area contributed by atoms with Crippen LogP contribution < -0.4 is 11.3 Å². The average molecular weight is 203 g/mol. The fraction of sp³-hybridized carbons (Fsp3) is 0. The van der Waals surface area contributed by atoms with Crippen LogP contribution in [-0.4, -0.2) is 15.3 Å². The van der Waals surface area contributed by atoms with Crippen LogP contribution in [0.2, 0.25) is 0 Å². The summed E-state index contributed by atoms with van der Waals surface area (Å²) < 4.78 is 0. The molecule has 0 aliphatic rings. The van der Waals surface area contributed by atoms with E-state index in [2.05, 4.69) is 10.2 Å². The van der Waals surface area contributed by atoms with Crippen LogP contribution in [-0.2, 0) is 0 Å². The van der Waals surface area contributed by atoms with Crippen LogP contribution >= 0.6 is 0 Å². The quantitative estimate of drug-likeness (QED) is 0.595. The van der Waals surface area contributed by atoms with Gasteiger partial charge < -0.3 is 10.8 Å². The maximum Gasteiger partial charge on any atom is 0.306 e. The van der Waals surface area contributed by atoms with Gasteiger partial charge in [-0.2, -0.15) is 5.10 Å². The molecular weight excluding hydrogens is 194 g/mol. The van der Waals surface area contributed by atoms with E-state index in [1.807, 2.05) is 0 Å². The molecule has 76 valence electrons. The molecule has 0 aliphatic heterocycles. The zero-order chi connectivity index (χ0) is 10.8. The van der Waals surface area contributed by atoms with Gasteiger partial charge in [0.25, 0.3) is 0 Å². The highest BCUT2D eigenvalue weighted by molar-refractivity contribution is 5.62. The van der Waals surface area contributed by atoms with Gasteiger partial charge in [0.1, 0.15) is 0 Å². The minimum Gasteiger partial charge on any atom is -0.503 e. The maximum absolute atomic E-state index is 10.9. The topological polar surface area (TPSA) is 92.0 Å². The number of hydrogen-bond acceptors (Lipinski definition) is 4. The predicted octanol–water partition coefficient (Wildman–Crippen LogP) is 0.725. The number of nitrogens with two attached hydrogens (primary N) is 1. The summed E-state index contributed by atoms with van der Waals surface area (Å²) >= 11 is 0. The van der Waals surface area contributed by atoms with Crippen LogP contribution in [0, 0.1) is 0 Å². The zero-order valence-electron chi connectivity index (χ0n) is 7.77. The summed E-state index contributed by atoms with van der Waals surface area (Å²) in [4.78, 5) is 10.9. The Bertz CT molecular complexity index is 531. The monoisotopic (exact) mass is 203 g/mol. The summed E-state index contributed by atoms with van der Waals surface area (Å²) in [5.74, 6) is -0.350. The number of benzene rings is 1. The molecule has 0 saturated carbocycles. The first kappa shape index (κ1) is 9.26. The van der Waals surface area contributed by atoms with Crippen LogP contribution in [0.25, 0.3) is 11.3 Å². The van der Waals surface area contributed by atoms with Crippen molar-refractivity contribution in [2.45, 2.75) is 0 Å². The highest BCUT2D eigenvalue weighted by Gasteiger charge is 2.03. The van der Waals surface area contributed by atoms with Gasteiger partial charge in [0.15, 0.2) is 5.75 Å².